The Morgan fingerprint density at radius 2 is 2.06 bits per heavy atom. The molecule has 1 aromatic carbocycles. The molecule has 0 radical (unpaired) electrons. The van der Waals surface area contributed by atoms with E-state index in [9.17, 15) is 0 Å². The van der Waals surface area contributed by atoms with E-state index >= 15 is 0 Å². The molecule has 0 fully saturated rings. The molecular formula is C14H13IN2. The van der Waals surface area contributed by atoms with Crippen LogP contribution in [0.1, 0.15) is 23.7 Å². The van der Waals surface area contributed by atoms with Crippen LogP contribution in [0, 0.1) is 3.57 Å². The normalized spacial score (nSPS) is 17.8. The maximum atomic E-state index is 4.50. The van der Waals surface area contributed by atoms with Crippen molar-refractivity contribution in [3.63, 3.8) is 0 Å². The smallest absolute Gasteiger partial charge is 0.0691 e. The summed E-state index contributed by atoms with van der Waals surface area (Å²) in [4.78, 5) is 4.50. The third-order valence-corrected chi connectivity index (χ3v) is 4.10. The monoisotopic (exact) mass is 336 g/mol. The van der Waals surface area contributed by atoms with E-state index in [0.29, 0.717) is 6.04 Å². The molecule has 0 bridgehead atoms. The Balaban J connectivity index is 1.87. The van der Waals surface area contributed by atoms with Gasteiger partial charge in [0.05, 0.1) is 11.7 Å². The van der Waals surface area contributed by atoms with Crippen LogP contribution in [-0.4, -0.2) is 4.98 Å². The maximum Gasteiger partial charge on any atom is 0.0691 e. The van der Waals surface area contributed by atoms with Gasteiger partial charge in [-0.3, -0.25) is 4.98 Å². The van der Waals surface area contributed by atoms with Crippen molar-refractivity contribution in [2.24, 2.45) is 0 Å². The highest BCUT2D eigenvalue weighted by atomic mass is 127. The van der Waals surface area contributed by atoms with Crippen LogP contribution in [0.15, 0.2) is 42.6 Å². The van der Waals surface area contributed by atoms with Gasteiger partial charge in [0.25, 0.3) is 0 Å². The molecule has 86 valence electrons. The molecule has 3 heteroatoms. The molecule has 2 nitrogen and oxygen atoms in total. The zero-order chi connectivity index (χ0) is 11.7. The van der Waals surface area contributed by atoms with E-state index in [2.05, 4.69) is 63.2 Å². The minimum Gasteiger partial charge on any atom is -0.376 e. The Labute approximate surface area is 115 Å². The summed E-state index contributed by atoms with van der Waals surface area (Å²) in [6.07, 6.45) is 4.15. The second-order valence-corrected chi connectivity index (χ2v) is 5.43. The maximum absolute atomic E-state index is 4.50. The van der Waals surface area contributed by atoms with E-state index in [-0.39, 0.29) is 0 Å². The molecule has 0 aliphatic heterocycles. The van der Waals surface area contributed by atoms with Crippen LogP contribution < -0.4 is 5.32 Å². The number of aryl methyl sites for hydroxylation is 1. The highest BCUT2D eigenvalue weighted by Crippen LogP contribution is 2.33. The minimum atomic E-state index is 0.363. The molecule has 2 aromatic rings. The SMILES string of the molecule is Ic1ccccc1NC1CCc2cccnc21. The summed E-state index contributed by atoms with van der Waals surface area (Å²) in [5.41, 5.74) is 3.81. The van der Waals surface area contributed by atoms with Gasteiger partial charge in [-0.25, -0.2) is 0 Å². The average molecular weight is 336 g/mol. The van der Waals surface area contributed by atoms with Crippen LogP contribution in [0.5, 0.6) is 0 Å². The topological polar surface area (TPSA) is 24.9 Å². The lowest BCUT2D eigenvalue weighted by Gasteiger charge is -2.15. The second-order valence-electron chi connectivity index (χ2n) is 4.26. The number of rotatable bonds is 2. The van der Waals surface area contributed by atoms with Gasteiger partial charge in [0.2, 0.25) is 0 Å². The lowest BCUT2D eigenvalue weighted by atomic mass is 10.2. The van der Waals surface area contributed by atoms with E-state index in [1.54, 1.807) is 0 Å². The largest absolute Gasteiger partial charge is 0.376 e. The molecule has 1 N–H and O–H groups in total. The standard InChI is InChI=1S/C14H13IN2/c15-11-5-1-2-6-12(11)17-13-8-7-10-4-3-9-16-14(10)13/h1-6,9,13,17H,7-8H2. The number of para-hydroxylation sites is 1. The summed E-state index contributed by atoms with van der Waals surface area (Å²) >= 11 is 2.36. The Morgan fingerprint density at radius 3 is 2.94 bits per heavy atom. The van der Waals surface area contributed by atoms with E-state index in [4.69, 9.17) is 0 Å². The van der Waals surface area contributed by atoms with Crippen LogP contribution in [0.4, 0.5) is 5.69 Å². The predicted octanol–water partition coefficient (Wildman–Crippen LogP) is 3.79. The van der Waals surface area contributed by atoms with Gasteiger partial charge in [0.1, 0.15) is 0 Å². The lowest BCUT2D eigenvalue weighted by molar-refractivity contribution is 0.745. The molecule has 0 amide bonds. The fourth-order valence-electron chi connectivity index (χ4n) is 2.32. The Hall–Kier alpha value is -1.10. The minimum absolute atomic E-state index is 0.363. The van der Waals surface area contributed by atoms with Crippen LogP contribution in [-0.2, 0) is 6.42 Å². The summed E-state index contributed by atoms with van der Waals surface area (Å²) in [6.45, 7) is 0. The number of nitrogens with one attached hydrogen (secondary N) is 1. The average Bonchev–Trinajstić information content (AvgIpc) is 2.76. The summed E-state index contributed by atoms with van der Waals surface area (Å²) in [7, 11) is 0. The van der Waals surface area contributed by atoms with Gasteiger partial charge in [-0.2, -0.15) is 0 Å². The first-order valence-electron chi connectivity index (χ1n) is 5.79. The lowest BCUT2D eigenvalue weighted by Crippen LogP contribution is -2.09. The van der Waals surface area contributed by atoms with E-state index in [1.807, 2.05) is 12.3 Å². The van der Waals surface area contributed by atoms with Crippen LogP contribution in [0.2, 0.25) is 0 Å². The molecule has 0 saturated carbocycles. The number of anilines is 1. The number of aromatic nitrogens is 1. The Bertz CT molecular complexity index is 539. The number of fused-ring (bicyclic) bond motifs is 1. The van der Waals surface area contributed by atoms with Gasteiger partial charge in [-0.05, 0) is 59.2 Å². The zero-order valence-corrected chi connectivity index (χ0v) is 11.5. The second kappa shape index (κ2) is 4.64. The van der Waals surface area contributed by atoms with Crippen molar-refractivity contribution in [3.8, 4) is 0 Å². The first-order chi connectivity index (χ1) is 8.34. The van der Waals surface area contributed by atoms with Crippen LogP contribution >= 0.6 is 22.6 Å². The van der Waals surface area contributed by atoms with Crippen molar-refractivity contribution in [1.29, 1.82) is 0 Å². The summed E-state index contributed by atoms with van der Waals surface area (Å²) in [6, 6.07) is 12.9. The number of hydrogen-bond donors (Lipinski definition) is 1. The van der Waals surface area contributed by atoms with Crippen molar-refractivity contribution in [2.45, 2.75) is 18.9 Å². The number of pyridine rings is 1. The molecule has 1 unspecified atom stereocenters. The van der Waals surface area contributed by atoms with Crippen LogP contribution in [0.25, 0.3) is 0 Å². The van der Waals surface area contributed by atoms with Gasteiger partial charge in [0, 0.05) is 15.5 Å². The van der Waals surface area contributed by atoms with Crippen molar-refractivity contribution < 1.29 is 0 Å². The summed E-state index contributed by atoms with van der Waals surface area (Å²) < 4.78 is 1.26. The van der Waals surface area contributed by atoms with Gasteiger partial charge in [-0.1, -0.05) is 18.2 Å². The number of benzene rings is 1. The number of halogens is 1. The molecular weight excluding hydrogens is 323 g/mol. The number of nitrogens with zero attached hydrogens (tertiary/aromatic N) is 1. The van der Waals surface area contributed by atoms with Crippen molar-refractivity contribution in [3.05, 3.63) is 57.4 Å². The van der Waals surface area contributed by atoms with Crippen molar-refractivity contribution in [2.75, 3.05) is 5.32 Å². The molecule has 1 aliphatic rings. The van der Waals surface area contributed by atoms with E-state index in [0.717, 1.165) is 12.8 Å². The van der Waals surface area contributed by atoms with E-state index in [1.165, 1.54) is 20.5 Å². The molecule has 1 aliphatic carbocycles. The first kappa shape index (κ1) is 11.0. The van der Waals surface area contributed by atoms with Crippen LogP contribution in [0.3, 0.4) is 0 Å². The summed E-state index contributed by atoms with van der Waals surface area (Å²) in [5.74, 6) is 0. The molecule has 3 rings (SSSR count). The third kappa shape index (κ3) is 2.16. The Morgan fingerprint density at radius 1 is 1.18 bits per heavy atom. The van der Waals surface area contributed by atoms with Gasteiger partial charge in [-0.15, -0.1) is 0 Å². The van der Waals surface area contributed by atoms with Gasteiger partial charge in [0.15, 0.2) is 0 Å². The van der Waals surface area contributed by atoms with E-state index < -0.39 is 0 Å². The first-order valence-corrected chi connectivity index (χ1v) is 6.87. The molecule has 1 aromatic heterocycles. The fraction of sp³-hybridized carbons (Fsp3) is 0.214. The highest BCUT2D eigenvalue weighted by molar-refractivity contribution is 14.1. The molecule has 0 spiro atoms. The highest BCUT2D eigenvalue weighted by Gasteiger charge is 2.23. The van der Waals surface area contributed by atoms with Crippen molar-refractivity contribution >= 4 is 28.3 Å². The fourth-order valence-corrected chi connectivity index (χ4v) is 2.86. The predicted molar refractivity (Wildman–Crippen MR) is 78.1 cm³/mol. The van der Waals surface area contributed by atoms with Crippen molar-refractivity contribution in [1.82, 2.24) is 4.98 Å². The molecule has 1 heterocycles. The van der Waals surface area contributed by atoms with Gasteiger partial charge < -0.3 is 5.32 Å². The zero-order valence-electron chi connectivity index (χ0n) is 9.36. The van der Waals surface area contributed by atoms with Gasteiger partial charge >= 0.3 is 0 Å². The molecule has 17 heavy (non-hydrogen) atoms. The summed E-state index contributed by atoms with van der Waals surface area (Å²) in [5, 5.41) is 3.60. The molecule has 1 atom stereocenters. The molecule has 0 saturated heterocycles. The quantitative estimate of drug-likeness (QED) is 0.844. The Kier molecular flexibility index (Phi) is 3.01. The third-order valence-electron chi connectivity index (χ3n) is 3.16. The number of hydrogen-bond acceptors (Lipinski definition) is 2.